The Morgan fingerprint density at radius 2 is 1.30 bits per heavy atom. The van der Waals surface area contributed by atoms with E-state index in [-0.39, 0.29) is 0 Å². The van der Waals surface area contributed by atoms with E-state index in [2.05, 4.69) is 13.0 Å². The minimum atomic E-state index is 0.970. The SMILES string of the molecule is CCCCCCC=C(C1CCCCC1)C1CCCCC1. The van der Waals surface area contributed by atoms with Gasteiger partial charge in [0, 0.05) is 0 Å². The van der Waals surface area contributed by atoms with Gasteiger partial charge in [-0.15, -0.1) is 0 Å². The molecule has 0 aliphatic heterocycles. The van der Waals surface area contributed by atoms with Crippen LogP contribution in [-0.4, -0.2) is 0 Å². The number of allylic oxidation sites excluding steroid dienone is 2. The van der Waals surface area contributed by atoms with E-state index in [4.69, 9.17) is 0 Å². The zero-order valence-electron chi connectivity index (χ0n) is 13.8. The highest BCUT2D eigenvalue weighted by molar-refractivity contribution is 5.12. The van der Waals surface area contributed by atoms with Crippen molar-refractivity contribution in [2.45, 2.75) is 103 Å². The largest absolute Gasteiger partial charge is 0.0848 e. The Bertz CT molecular complexity index is 244. The van der Waals surface area contributed by atoms with Crippen LogP contribution in [0.15, 0.2) is 11.6 Å². The van der Waals surface area contributed by atoms with Crippen molar-refractivity contribution < 1.29 is 0 Å². The summed E-state index contributed by atoms with van der Waals surface area (Å²) in [6.07, 6.45) is 24.7. The predicted molar refractivity (Wildman–Crippen MR) is 90.0 cm³/mol. The highest BCUT2D eigenvalue weighted by Gasteiger charge is 2.25. The van der Waals surface area contributed by atoms with Crippen LogP contribution in [0.2, 0.25) is 0 Å². The van der Waals surface area contributed by atoms with Gasteiger partial charge in [-0.25, -0.2) is 0 Å². The van der Waals surface area contributed by atoms with Crippen molar-refractivity contribution in [3.63, 3.8) is 0 Å². The van der Waals surface area contributed by atoms with Gasteiger partial charge in [-0.3, -0.25) is 0 Å². The lowest BCUT2D eigenvalue weighted by Gasteiger charge is -2.32. The molecule has 0 spiro atoms. The monoisotopic (exact) mass is 276 g/mol. The predicted octanol–water partition coefficient (Wildman–Crippen LogP) is 7.04. The van der Waals surface area contributed by atoms with Gasteiger partial charge >= 0.3 is 0 Å². The molecule has 0 aromatic rings. The second-order valence-corrected chi connectivity index (χ2v) is 7.22. The molecule has 116 valence electrons. The first-order valence-corrected chi connectivity index (χ1v) is 9.61. The van der Waals surface area contributed by atoms with Crippen LogP contribution in [0.4, 0.5) is 0 Å². The van der Waals surface area contributed by atoms with Gasteiger partial charge in [0.2, 0.25) is 0 Å². The molecule has 2 fully saturated rings. The molecule has 0 saturated heterocycles. The summed E-state index contributed by atoms with van der Waals surface area (Å²) >= 11 is 0. The van der Waals surface area contributed by atoms with E-state index < -0.39 is 0 Å². The summed E-state index contributed by atoms with van der Waals surface area (Å²) in [5.41, 5.74) is 1.92. The van der Waals surface area contributed by atoms with Crippen LogP contribution in [0.1, 0.15) is 103 Å². The minimum absolute atomic E-state index is 0.970. The molecule has 0 bridgehead atoms. The Kier molecular flexibility index (Phi) is 7.76. The van der Waals surface area contributed by atoms with Crippen molar-refractivity contribution in [3.05, 3.63) is 11.6 Å². The van der Waals surface area contributed by atoms with Crippen molar-refractivity contribution in [3.8, 4) is 0 Å². The van der Waals surface area contributed by atoms with Crippen LogP contribution < -0.4 is 0 Å². The van der Waals surface area contributed by atoms with Gasteiger partial charge < -0.3 is 0 Å². The third-order valence-electron chi connectivity index (χ3n) is 5.59. The molecule has 0 heterocycles. The Hall–Kier alpha value is -0.260. The summed E-state index contributed by atoms with van der Waals surface area (Å²) in [6, 6.07) is 0. The molecule has 0 atom stereocenters. The molecular formula is C20H36. The molecule has 2 aliphatic carbocycles. The third kappa shape index (κ3) is 5.26. The van der Waals surface area contributed by atoms with Crippen LogP contribution in [0.5, 0.6) is 0 Å². The van der Waals surface area contributed by atoms with Gasteiger partial charge in [0.15, 0.2) is 0 Å². The number of hydrogen-bond donors (Lipinski definition) is 0. The van der Waals surface area contributed by atoms with Crippen molar-refractivity contribution in [1.82, 2.24) is 0 Å². The first kappa shape index (κ1) is 16.1. The topological polar surface area (TPSA) is 0 Å². The molecule has 0 heteroatoms. The molecular weight excluding hydrogens is 240 g/mol. The van der Waals surface area contributed by atoms with E-state index in [1.165, 1.54) is 96.3 Å². The van der Waals surface area contributed by atoms with Crippen molar-refractivity contribution >= 4 is 0 Å². The summed E-state index contributed by atoms with van der Waals surface area (Å²) in [6.45, 7) is 2.31. The summed E-state index contributed by atoms with van der Waals surface area (Å²) in [4.78, 5) is 0. The summed E-state index contributed by atoms with van der Waals surface area (Å²) in [5, 5.41) is 0. The standard InChI is InChI=1S/C20H36/c1-2-3-4-5-12-17-20(18-13-8-6-9-14-18)19-15-10-7-11-16-19/h17-19H,2-16H2,1H3. The Morgan fingerprint density at radius 1 is 0.750 bits per heavy atom. The van der Waals surface area contributed by atoms with Crippen molar-refractivity contribution in [2.24, 2.45) is 11.8 Å². The van der Waals surface area contributed by atoms with Gasteiger partial charge in [0.05, 0.1) is 0 Å². The highest BCUT2D eigenvalue weighted by atomic mass is 14.3. The first-order valence-electron chi connectivity index (χ1n) is 9.61. The third-order valence-corrected chi connectivity index (χ3v) is 5.59. The van der Waals surface area contributed by atoms with E-state index in [0.717, 1.165) is 11.8 Å². The maximum Gasteiger partial charge on any atom is -0.0200 e. The highest BCUT2D eigenvalue weighted by Crippen LogP contribution is 2.39. The second-order valence-electron chi connectivity index (χ2n) is 7.22. The average molecular weight is 277 g/mol. The molecule has 0 N–H and O–H groups in total. The molecule has 0 radical (unpaired) electrons. The first-order chi connectivity index (χ1) is 9.92. The summed E-state index contributed by atoms with van der Waals surface area (Å²) in [5.74, 6) is 1.94. The van der Waals surface area contributed by atoms with E-state index in [9.17, 15) is 0 Å². The van der Waals surface area contributed by atoms with Crippen LogP contribution in [0, 0.1) is 11.8 Å². The maximum atomic E-state index is 2.71. The van der Waals surface area contributed by atoms with Gasteiger partial charge in [0.1, 0.15) is 0 Å². The van der Waals surface area contributed by atoms with E-state index >= 15 is 0 Å². The lowest BCUT2D eigenvalue weighted by atomic mass is 9.73. The zero-order chi connectivity index (χ0) is 14.0. The number of unbranched alkanes of at least 4 members (excludes halogenated alkanes) is 4. The fourth-order valence-corrected chi connectivity index (χ4v) is 4.38. The Balaban J connectivity index is 1.89. The van der Waals surface area contributed by atoms with E-state index in [1.54, 1.807) is 0 Å². The smallest absolute Gasteiger partial charge is 0.0200 e. The van der Waals surface area contributed by atoms with Crippen molar-refractivity contribution in [2.75, 3.05) is 0 Å². The Morgan fingerprint density at radius 3 is 1.80 bits per heavy atom. The summed E-state index contributed by atoms with van der Waals surface area (Å²) < 4.78 is 0. The van der Waals surface area contributed by atoms with Crippen molar-refractivity contribution in [1.29, 1.82) is 0 Å². The molecule has 0 nitrogen and oxygen atoms in total. The fraction of sp³-hybridized carbons (Fsp3) is 0.900. The molecule has 2 saturated carbocycles. The van der Waals surface area contributed by atoms with Crippen LogP contribution in [0.3, 0.4) is 0 Å². The van der Waals surface area contributed by atoms with Crippen LogP contribution in [-0.2, 0) is 0 Å². The van der Waals surface area contributed by atoms with Gasteiger partial charge in [-0.05, 0) is 50.4 Å². The van der Waals surface area contributed by atoms with Crippen LogP contribution >= 0.6 is 0 Å². The molecule has 20 heavy (non-hydrogen) atoms. The lowest BCUT2D eigenvalue weighted by Crippen LogP contribution is -2.18. The normalized spacial score (nSPS) is 21.9. The summed E-state index contributed by atoms with van der Waals surface area (Å²) in [7, 11) is 0. The van der Waals surface area contributed by atoms with Gasteiger partial charge in [-0.1, -0.05) is 76.4 Å². The second kappa shape index (κ2) is 9.64. The molecule has 0 amide bonds. The quantitative estimate of drug-likeness (QED) is 0.345. The molecule has 2 rings (SSSR count). The number of rotatable bonds is 7. The number of hydrogen-bond acceptors (Lipinski definition) is 0. The fourth-order valence-electron chi connectivity index (χ4n) is 4.38. The molecule has 0 aromatic heterocycles. The average Bonchev–Trinajstić information content (AvgIpc) is 2.53. The van der Waals surface area contributed by atoms with Crippen LogP contribution in [0.25, 0.3) is 0 Å². The zero-order valence-corrected chi connectivity index (χ0v) is 13.8. The lowest BCUT2D eigenvalue weighted by molar-refractivity contribution is 0.324. The van der Waals surface area contributed by atoms with E-state index in [1.807, 2.05) is 5.57 Å². The van der Waals surface area contributed by atoms with Gasteiger partial charge in [0.25, 0.3) is 0 Å². The van der Waals surface area contributed by atoms with E-state index in [0.29, 0.717) is 0 Å². The van der Waals surface area contributed by atoms with Gasteiger partial charge in [-0.2, -0.15) is 0 Å². The Labute approximate surface area is 127 Å². The maximum absolute atomic E-state index is 2.71. The minimum Gasteiger partial charge on any atom is -0.0848 e. The molecule has 0 aromatic carbocycles. The molecule has 0 unspecified atom stereocenters. The molecule has 2 aliphatic rings.